The molecule has 1 aliphatic rings. The quantitative estimate of drug-likeness (QED) is 0.922. The summed E-state index contributed by atoms with van der Waals surface area (Å²) >= 11 is 0. The molecule has 0 amide bonds. The maximum Gasteiger partial charge on any atom is 0.418 e. The number of rotatable bonds is 4. The number of hydrogen-bond donors (Lipinski definition) is 1. The first-order chi connectivity index (χ1) is 9.50. The van der Waals surface area contributed by atoms with Crippen molar-refractivity contribution >= 4 is 5.69 Å². The van der Waals surface area contributed by atoms with E-state index in [1.54, 1.807) is 6.07 Å². The van der Waals surface area contributed by atoms with Crippen LogP contribution in [0.15, 0.2) is 24.3 Å². The van der Waals surface area contributed by atoms with Crippen LogP contribution in [-0.2, 0) is 10.9 Å². The van der Waals surface area contributed by atoms with Gasteiger partial charge in [-0.05, 0) is 18.7 Å². The van der Waals surface area contributed by atoms with Crippen molar-refractivity contribution in [1.82, 2.24) is 4.90 Å². The van der Waals surface area contributed by atoms with Crippen molar-refractivity contribution in [3.8, 4) is 0 Å². The summed E-state index contributed by atoms with van der Waals surface area (Å²) in [5.74, 6) is 0. The largest absolute Gasteiger partial charge is 0.418 e. The van der Waals surface area contributed by atoms with Crippen LogP contribution in [0.3, 0.4) is 0 Å². The third-order valence-corrected chi connectivity index (χ3v) is 3.42. The third-order valence-electron chi connectivity index (χ3n) is 3.42. The predicted octanol–water partition coefficient (Wildman–Crippen LogP) is 2.84. The van der Waals surface area contributed by atoms with E-state index in [4.69, 9.17) is 4.74 Å². The molecule has 1 unspecified atom stereocenters. The van der Waals surface area contributed by atoms with Crippen LogP contribution in [0.1, 0.15) is 12.5 Å². The normalized spacial score (nSPS) is 20.9. The summed E-state index contributed by atoms with van der Waals surface area (Å²) < 4.78 is 44.1. The fraction of sp³-hybridized carbons (Fsp3) is 0.571. The number of para-hydroxylation sites is 1. The molecule has 1 fully saturated rings. The average Bonchev–Trinajstić information content (AvgIpc) is 2.44. The van der Waals surface area contributed by atoms with Gasteiger partial charge in [-0.25, -0.2) is 0 Å². The molecule has 1 heterocycles. The van der Waals surface area contributed by atoms with Gasteiger partial charge in [0.25, 0.3) is 0 Å². The van der Waals surface area contributed by atoms with E-state index in [0.717, 1.165) is 25.7 Å². The lowest BCUT2D eigenvalue weighted by Gasteiger charge is -2.32. The molecular formula is C14H19F3N2O. The number of likely N-dealkylation sites (N-methyl/N-ethyl adjacent to an activating group) is 1. The topological polar surface area (TPSA) is 24.5 Å². The predicted molar refractivity (Wildman–Crippen MR) is 71.8 cm³/mol. The van der Waals surface area contributed by atoms with Crippen molar-refractivity contribution < 1.29 is 17.9 Å². The molecule has 1 N–H and O–H groups in total. The highest BCUT2D eigenvalue weighted by molar-refractivity contribution is 5.52. The SMILES string of the molecule is CCN1CCOC(CNc2ccccc2C(F)(F)F)C1. The first-order valence-corrected chi connectivity index (χ1v) is 6.74. The first kappa shape index (κ1) is 15.1. The van der Waals surface area contributed by atoms with Gasteiger partial charge in [-0.3, -0.25) is 4.90 Å². The summed E-state index contributed by atoms with van der Waals surface area (Å²) in [7, 11) is 0. The van der Waals surface area contributed by atoms with E-state index in [2.05, 4.69) is 17.1 Å². The van der Waals surface area contributed by atoms with Crippen LogP contribution in [-0.4, -0.2) is 43.8 Å². The van der Waals surface area contributed by atoms with Crippen LogP contribution in [0.25, 0.3) is 0 Å². The minimum atomic E-state index is -4.34. The number of anilines is 1. The molecule has 20 heavy (non-hydrogen) atoms. The smallest absolute Gasteiger partial charge is 0.382 e. The van der Waals surface area contributed by atoms with E-state index in [-0.39, 0.29) is 11.8 Å². The summed E-state index contributed by atoms with van der Waals surface area (Å²) in [5, 5.41) is 2.86. The van der Waals surface area contributed by atoms with Crippen molar-refractivity contribution in [3.63, 3.8) is 0 Å². The van der Waals surface area contributed by atoms with Crippen molar-refractivity contribution in [2.45, 2.75) is 19.2 Å². The molecule has 112 valence electrons. The molecule has 0 spiro atoms. The molecule has 0 radical (unpaired) electrons. The lowest BCUT2D eigenvalue weighted by Crippen LogP contribution is -2.45. The molecule has 1 saturated heterocycles. The van der Waals surface area contributed by atoms with Gasteiger partial charge in [0.1, 0.15) is 0 Å². The van der Waals surface area contributed by atoms with Crippen LogP contribution < -0.4 is 5.32 Å². The second-order valence-corrected chi connectivity index (χ2v) is 4.81. The zero-order chi connectivity index (χ0) is 14.6. The Morgan fingerprint density at radius 1 is 1.35 bits per heavy atom. The van der Waals surface area contributed by atoms with Gasteiger partial charge in [0.15, 0.2) is 0 Å². The van der Waals surface area contributed by atoms with Gasteiger partial charge < -0.3 is 10.1 Å². The molecule has 6 heteroatoms. The van der Waals surface area contributed by atoms with E-state index >= 15 is 0 Å². The van der Waals surface area contributed by atoms with Gasteiger partial charge in [0.2, 0.25) is 0 Å². The molecule has 2 rings (SSSR count). The molecule has 0 aromatic heterocycles. The number of halogens is 3. The van der Waals surface area contributed by atoms with Crippen molar-refractivity contribution in [2.24, 2.45) is 0 Å². The molecule has 1 aliphatic heterocycles. The number of benzene rings is 1. The van der Waals surface area contributed by atoms with Gasteiger partial charge in [0.05, 0.1) is 18.3 Å². The average molecular weight is 288 g/mol. The number of nitrogens with zero attached hydrogens (tertiary/aromatic N) is 1. The maximum atomic E-state index is 12.9. The van der Waals surface area contributed by atoms with Gasteiger partial charge in [0, 0.05) is 25.3 Å². The highest BCUT2D eigenvalue weighted by Gasteiger charge is 2.33. The second kappa shape index (κ2) is 6.45. The number of ether oxygens (including phenoxy) is 1. The number of alkyl halides is 3. The molecule has 1 atom stereocenters. The van der Waals surface area contributed by atoms with Crippen LogP contribution in [0.4, 0.5) is 18.9 Å². The molecule has 1 aromatic rings. The Morgan fingerprint density at radius 2 is 2.10 bits per heavy atom. The van der Waals surface area contributed by atoms with Crippen LogP contribution in [0.5, 0.6) is 0 Å². The Balaban J connectivity index is 1.97. The van der Waals surface area contributed by atoms with Gasteiger partial charge in [-0.1, -0.05) is 19.1 Å². The minimum Gasteiger partial charge on any atom is -0.382 e. The Labute approximate surface area is 116 Å². The fourth-order valence-electron chi connectivity index (χ4n) is 2.30. The molecule has 0 aliphatic carbocycles. The monoisotopic (exact) mass is 288 g/mol. The Hall–Kier alpha value is -1.27. The van der Waals surface area contributed by atoms with Crippen LogP contribution in [0, 0.1) is 0 Å². The van der Waals surface area contributed by atoms with Gasteiger partial charge in [-0.2, -0.15) is 13.2 Å². The Kier molecular flexibility index (Phi) is 4.88. The molecular weight excluding hydrogens is 269 g/mol. The van der Waals surface area contributed by atoms with E-state index < -0.39 is 11.7 Å². The zero-order valence-corrected chi connectivity index (χ0v) is 11.4. The molecule has 1 aromatic carbocycles. The van der Waals surface area contributed by atoms with Crippen molar-refractivity contribution in [1.29, 1.82) is 0 Å². The third kappa shape index (κ3) is 3.86. The number of morpholine rings is 1. The Morgan fingerprint density at radius 3 is 2.80 bits per heavy atom. The van der Waals surface area contributed by atoms with Gasteiger partial charge in [-0.15, -0.1) is 0 Å². The number of hydrogen-bond acceptors (Lipinski definition) is 3. The molecule has 3 nitrogen and oxygen atoms in total. The fourth-order valence-corrected chi connectivity index (χ4v) is 2.30. The number of nitrogens with one attached hydrogen (secondary N) is 1. The Bertz CT molecular complexity index is 437. The van der Waals surface area contributed by atoms with Gasteiger partial charge >= 0.3 is 6.18 Å². The maximum absolute atomic E-state index is 12.9. The summed E-state index contributed by atoms with van der Waals surface area (Å²) in [6, 6.07) is 5.52. The van der Waals surface area contributed by atoms with Crippen molar-refractivity contribution in [2.75, 3.05) is 38.1 Å². The van der Waals surface area contributed by atoms with E-state index in [1.165, 1.54) is 12.1 Å². The lowest BCUT2D eigenvalue weighted by molar-refractivity contribution is -0.137. The van der Waals surface area contributed by atoms with Crippen molar-refractivity contribution in [3.05, 3.63) is 29.8 Å². The van der Waals surface area contributed by atoms with E-state index in [1.807, 2.05) is 0 Å². The molecule has 0 bridgehead atoms. The zero-order valence-electron chi connectivity index (χ0n) is 11.4. The summed E-state index contributed by atoms with van der Waals surface area (Å²) in [5.41, 5.74) is -0.527. The highest BCUT2D eigenvalue weighted by atomic mass is 19.4. The summed E-state index contributed by atoms with van der Waals surface area (Å²) in [4.78, 5) is 2.23. The van der Waals surface area contributed by atoms with E-state index in [9.17, 15) is 13.2 Å². The van der Waals surface area contributed by atoms with E-state index in [0.29, 0.717) is 13.2 Å². The summed E-state index contributed by atoms with van der Waals surface area (Å²) in [6.45, 7) is 5.63. The van der Waals surface area contributed by atoms with Crippen LogP contribution in [0.2, 0.25) is 0 Å². The standard InChI is InChI=1S/C14H19F3N2O/c1-2-19-7-8-20-11(10-19)9-18-13-6-4-3-5-12(13)14(15,16)17/h3-6,11,18H,2,7-10H2,1H3. The highest BCUT2D eigenvalue weighted by Crippen LogP contribution is 2.34. The summed E-state index contributed by atoms with van der Waals surface area (Å²) in [6.07, 6.45) is -4.42. The first-order valence-electron chi connectivity index (χ1n) is 6.74. The lowest BCUT2D eigenvalue weighted by atomic mass is 10.1. The minimum absolute atomic E-state index is 0.0787. The second-order valence-electron chi connectivity index (χ2n) is 4.81. The molecule has 0 saturated carbocycles. The van der Waals surface area contributed by atoms with Crippen LogP contribution >= 0.6 is 0 Å².